The lowest BCUT2D eigenvalue weighted by Gasteiger charge is -2.07. The molecule has 0 unspecified atom stereocenters. The second-order valence-corrected chi connectivity index (χ2v) is 6.22. The summed E-state index contributed by atoms with van der Waals surface area (Å²) in [6, 6.07) is 16.0. The van der Waals surface area contributed by atoms with E-state index in [0.717, 1.165) is 12.8 Å². The zero-order valence-electron chi connectivity index (χ0n) is 15.1. The fourth-order valence-electron chi connectivity index (χ4n) is 2.21. The Hall–Kier alpha value is -3.68. The summed E-state index contributed by atoms with van der Waals surface area (Å²) < 4.78 is 5.43. The van der Waals surface area contributed by atoms with Gasteiger partial charge in [0.1, 0.15) is 5.75 Å². The fourth-order valence-corrected chi connectivity index (χ4v) is 2.21. The zero-order chi connectivity index (χ0) is 19.8. The average molecular weight is 380 g/mol. The van der Waals surface area contributed by atoms with Gasteiger partial charge in [0.25, 0.3) is 5.91 Å². The molecular weight excluding hydrogens is 360 g/mol. The monoisotopic (exact) mass is 380 g/mol. The molecule has 0 saturated heterocycles. The predicted octanol–water partition coefficient (Wildman–Crippen LogP) is 1.43. The molecule has 0 aromatic heterocycles. The molecule has 0 heterocycles. The smallest absolute Gasteiger partial charge is 0.329 e. The van der Waals surface area contributed by atoms with Crippen molar-refractivity contribution in [2.24, 2.45) is 5.10 Å². The summed E-state index contributed by atoms with van der Waals surface area (Å²) >= 11 is 0. The second kappa shape index (κ2) is 9.31. The first-order chi connectivity index (χ1) is 13.6. The van der Waals surface area contributed by atoms with Crippen LogP contribution >= 0.6 is 0 Å². The highest BCUT2D eigenvalue weighted by Crippen LogP contribution is 2.18. The first-order valence-electron chi connectivity index (χ1n) is 8.82. The Kier molecular flexibility index (Phi) is 6.35. The number of nitrogens with one attached hydrogen (secondary N) is 3. The summed E-state index contributed by atoms with van der Waals surface area (Å²) in [4.78, 5) is 34.9. The summed E-state index contributed by atoms with van der Waals surface area (Å²) in [6.07, 6.45) is 3.23. The molecule has 1 saturated carbocycles. The molecule has 1 aliphatic carbocycles. The summed E-state index contributed by atoms with van der Waals surface area (Å²) in [6.45, 7) is -0.117. The number of para-hydroxylation sites is 1. The molecule has 2 aromatic carbocycles. The van der Waals surface area contributed by atoms with Crippen LogP contribution in [0.1, 0.15) is 18.4 Å². The van der Waals surface area contributed by atoms with Gasteiger partial charge in [-0.3, -0.25) is 14.4 Å². The highest BCUT2D eigenvalue weighted by molar-refractivity contribution is 6.35. The number of rotatable bonds is 7. The van der Waals surface area contributed by atoms with Crippen LogP contribution in [0.2, 0.25) is 0 Å². The Morgan fingerprint density at radius 3 is 2.39 bits per heavy atom. The van der Waals surface area contributed by atoms with Gasteiger partial charge in [0.15, 0.2) is 6.61 Å². The van der Waals surface area contributed by atoms with E-state index in [4.69, 9.17) is 4.74 Å². The molecule has 144 valence electrons. The van der Waals surface area contributed by atoms with Crippen LogP contribution in [0.4, 0.5) is 5.69 Å². The number of carbonyl (C=O) groups excluding carboxylic acids is 3. The van der Waals surface area contributed by atoms with E-state index in [1.165, 1.54) is 6.21 Å². The van der Waals surface area contributed by atoms with Crippen LogP contribution in [0.15, 0.2) is 59.7 Å². The molecule has 2 aromatic rings. The molecule has 28 heavy (non-hydrogen) atoms. The van der Waals surface area contributed by atoms with Gasteiger partial charge in [0, 0.05) is 11.7 Å². The first-order valence-corrected chi connectivity index (χ1v) is 8.82. The van der Waals surface area contributed by atoms with Crippen molar-refractivity contribution in [3.05, 3.63) is 60.2 Å². The Morgan fingerprint density at radius 2 is 1.71 bits per heavy atom. The van der Waals surface area contributed by atoms with Gasteiger partial charge in [-0.1, -0.05) is 18.2 Å². The SMILES string of the molecule is O=C(COc1ccc(/C=N\NC(=O)C(=O)NC2CC2)cc1)Nc1ccccc1. The van der Waals surface area contributed by atoms with Crippen molar-refractivity contribution in [2.75, 3.05) is 11.9 Å². The standard InChI is InChI=1S/C20H20N4O4/c25-18(22-15-4-2-1-3-5-15)13-28-17-10-6-14(7-11-17)12-21-24-20(27)19(26)23-16-8-9-16/h1-7,10-12,16H,8-9,13H2,(H,22,25)(H,23,26)(H,24,27)/b21-12-. The maximum absolute atomic E-state index is 11.9. The molecule has 8 heteroatoms. The number of ether oxygens (including phenoxy) is 1. The molecule has 3 rings (SSSR count). The largest absolute Gasteiger partial charge is 0.484 e. The summed E-state index contributed by atoms with van der Waals surface area (Å²) in [5.74, 6) is -1.22. The van der Waals surface area contributed by atoms with E-state index in [2.05, 4.69) is 21.2 Å². The minimum absolute atomic E-state index is 0.115. The van der Waals surface area contributed by atoms with Crippen molar-refractivity contribution in [3.8, 4) is 5.75 Å². The number of amides is 3. The molecular formula is C20H20N4O4. The quantitative estimate of drug-likeness (QED) is 0.384. The molecule has 0 spiro atoms. The number of hydrogen-bond acceptors (Lipinski definition) is 5. The molecule has 1 aliphatic rings. The van der Waals surface area contributed by atoms with E-state index in [9.17, 15) is 14.4 Å². The van der Waals surface area contributed by atoms with Crippen molar-refractivity contribution >= 4 is 29.6 Å². The van der Waals surface area contributed by atoms with Crippen molar-refractivity contribution in [1.29, 1.82) is 0 Å². The molecule has 1 fully saturated rings. The van der Waals surface area contributed by atoms with Crippen molar-refractivity contribution in [3.63, 3.8) is 0 Å². The number of carbonyl (C=O) groups is 3. The molecule has 0 bridgehead atoms. The van der Waals surface area contributed by atoms with Gasteiger partial charge in [-0.15, -0.1) is 0 Å². The van der Waals surface area contributed by atoms with Crippen molar-refractivity contribution in [1.82, 2.24) is 10.7 Å². The number of anilines is 1. The third kappa shape index (κ3) is 6.24. The van der Waals surface area contributed by atoms with E-state index in [-0.39, 0.29) is 18.6 Å². The summed E-state index contributed by atoms with van der Waals surface area (Å²) in [7, 11) is 0. The van der Waals surface area contributed by atoms with Crippen molar-refractivity contribution in [2.45, 2.75) is 18.9 Å². The van der Waals surface area contributed by atoms with Crippen LogP contribution in [-0.2, 0) is 14.4 Å². The van der Waals surface area contributed by atoms with Gasteiger partial charge in [0.2, 0.25) is 0 Å². The summed E-state index contributed by atoms with van der Waals surface area (Å²) in [5.41, 5.74) is 3.58. The lowest BCUT2D eigenvalue weighted by molar-refractivity contribution is -0.139. The number of hydrogen-bond donors (Lipinski definition) is 3. The van der Waals surface area contributed by atoms with Crippen LogP contribution in [0.5, 0.6) is 5.75 Å². The average Bonchev–Trinajstić information content (AvgIpc) is 3.52. The van der Waals surface area contributed by atoms with E-state index >= 15 is 0 Å². The third-order valence-electron chi connectivity index (χ3n) is 3.81. The molecule has 0 radical (unpaired) electrons. The van der Waals surface area contributed by atoms with E-state index in [0.29, 0.717) is 17.0 Å². The zero-order valence-corrected chi connectivity index (χ0v) is 15.1. The summed E-state index contributed by atoms with van der Waals surface area (Å²) in [5, 5.41) is 9.05. The Morgan fingerprint density at radius 1 is 1.00 bits per heavy atom. The maximum atomic E-state index is 11.9. The topological polar surface area (TPSA) is 109 Å². The molecule has 3 N–H and O–H groups in total. The van der Waals surface area contributed by atoms with Crippen LogP contribution < -0.4 is 20.8 Å². The van der Waals surface area contributed by atoms with E-state index < -0.39 is 11.8 Å². The normalized spacial score (nSPS) is 13.0. The number of benzene rings is 2. The van der Waals surface area contributed by atoms with E-state index in [1.54, 1.807) is 36.4 Å². The highest BCUT2D eigenvalue weighted by atomic mass is 16.5. The van der Waals surface area contributed by atoms with Crippen LogP contribution in [0, 0.1) is 0 Å². The van der Waals surface area contributed by atoms with E-state index in [1.807, 2.05) is 18.2 Å². The Balaban J connectivity index is 1.40. The second-order valence-electron chi connectivity index (χ2n) is 6.22. The first kappa shape index (κ1) is 19.1. The molecule has 0 aliphatic heterocycles. The number of hydrazone groups is 1. The van der Waals surface area contributed by atoms with Gasteiger partial charge in [0.05, 0.1) is 6.21 Å². The molecule has 0 atom stereocenters. The van der Waals surface area contributed by atoms with Crippen LogP contribution in [0.3, 0.4) is 0 Å². The van der Waals surface area contributed by atoms with Gasteiger partial charge in [-0.2, -0.15) is 5.10 Å². The molecule has 3 amide bonds. The van der Waals surface area contributed by atoms with Gasteiger partial charge >= 0.3 is 11.8 Å². The Labute approximate surface area is 162 Å². The minimum Gasteiger partial charge on any atom is -0.484 e. The lowest BCUT2D eigenvalue weighted by Crippen LogP contribution is -2.38. The fraction of sp³-hybridized carbons (Fsp3) is 0.200. The maximum Gasteiger partial charge on any atom is 0.329 e. The van der Waals surface area contributed by atoms with Gasteiger partial charge in [-0.25, -0.2) is 5.43 Å². The lowest BCUT2D eigenvalue weighted by atomic mass is 10.2. The third-order valence-corrected chi connectivity index (χ3v) is 3.81. The molecule has 8 nitrogen and oxygen atoms in total. The minimum atomic E-state index is -0.799. The van der Waals surface area contributed by atoms with Gasteiger partial charge in [-0.05, 0) is 54.8 Å². The number of nitrogens with zero attached hydrogens (tertiary/aromatic N) is 1. The Bertz CT molecular complexity index is 862. The predicted molar refractivity (Wildman–Crippen MR) is 104 cm³/mol. The van der Waals surface area contributed by atoms with Crippen LogP contribution in [0.25, 0.3) is 0 Å². The van der Waals surface area contributed by atoms with Gasteiger partial charge < -0.3 is 15.4 Å². The van der Waals surface area contributed by atoms with Crippen LogP contribution in [-0.4, -0.2) is 36.6 Å². The highest BCUT2D eigenvalue weighted by Gasteiger charge is 2.26. The van der Waals surface area contributed by atoms with Crippen molar-refractivity contribution < 1.29 is 19.1 Å².